The van der Waals surface area contributed by atoms with Crippen LogP contribution in [-0.4, -0.2) is 0 Å². The molecule has 3 rings (SSSR count). The van der Waals surface area contributed by atoms with Crippen LogP contribution < -0.4 is 0 Å². The van der Waals surface area contributed by atoms with Crippen LogP contribution >= 0.6 is 0 Å². The predicted octanol–water partition coefficient (Wildman–Crippen LogP) is 7.66. The quantitative estimate of drug-likeness (QED) is 0.497. The van der Waals surface area contributed by atoms with Crippen molar-refractivity contribution in [1.29, 1.82) is 0 Å². The van der Waals surface area contributed by atoms with Gasteiger partial charge in [-0.1, -0.05) is 64.5 Å². The van der Waals surface area contributed by atoms with E-state index in [2.05, 4.69) is 26.0 Å². The molecule has 1 aromatic carbocycles. The Balaban J connectivity index is 1.50. The molecule has 0 nitrogen and oxygen atoms in total. The van der Waals surface area contributed by atoms with Crippen LogP contribution in [0.2, 0.25) is 0 Å². The highest BCUT2D eigenvalue weighted by atomic mass is 19.1. The van der Waals surface area contributed by atoms with Crippen LogP contribution in [0, 0.1) is 23.6 Å². The van der Waals surface area contributed by atoms with Gasteiger partial charge in [0.1, 0.15) is 5.82 Å². The first kappa shape index (κ1) is 18.9. The van der Waals surface area contributed by atoms with Gasteiger partial charge in [0.05, 0.1) is 0 Å². The Labute approximate surface area is 154 Å². The minimum atomic E-state index is 0.0531. The molecule has 1 aromatic rings. The summed E-state index contributed by atoms with van der Waals surface area (Å²) in [5.41, 5.74) is 2.20. The van der Waals surface area contributed by atoms with Gasteiger partial charge in [0.25, 0.3) is 0 Å². The van der Waals surface area contributed by atoms with Crippen LogP contribution in [0.25, 0.3) is 0 Å². The highest BCUT2D eigenvalue weighted by Gasteiger charge is 2.23. The highest BCUT2D eigenvalue weighted by molar-refractivity contribution is 5.27. The van der Waals surface area contributed by atoms with E-state index < -0.39 is 0 Å². The van der Waals surface area contributed by atoms with E-state index in [0.717, 1.165) is 29.7 Å². The summed E-state index contributed by atoms with van der Waals surface area (Å²) in [4.78, 5) is 0. The zero-order valence-corrected chi connectivity index (χ0v) is 16.4. The average Bonchev–Trinajstić information content (AvgIpc) is 2.67. The van der Waals surface area contributed by atoms with Gasteiger partial charge in [0.2, 0.25) is 0 Å². The molecule has 0 heterocycles. The maximum Gasteiger partial charge on any atom is 0.126 e. The van der Waals surface area contributed by atoms with E-state index in [-0.39, 0.29) is 5.82 Å². The number of rotatable bonds is 6. The van der Waals surface area contributed by atoms with Gasteiger partial charge >= 0.3 is 0 Å². The van der Waals surface area contributed by atoms with Crippen molar-refractivity contribution in [3.05, 3.63) is 35.1 Å². The molecule has 140 valence electrons. The predicted molar refractivity (Wildman–Crippen MR) is 105 cm³/mol. The van der Waals surface area contributed by atoms with Crippen molar-refractivity contribution in [3.8, 4) is 0 Å². The number of benzene rings is 1. The van der Waals surface area contributed by atoms with Crippen molar-refractivity contribution in [3.63, 3.8) is 0 Å². The largest absolute Gasteiger partial charge is 0.207 e. The van der Waals surface area contributed by atoms with Crippen molar-refractivity contribution < 1.29 is 4.39 Å². The molecule has 2 saturated carbocycles. The van der Waals surface area contributed by atoms with Gasteiger partial charge in [-0.2, -0.15) is 0 Å². The van der Waals surface area contributed by atoms with Crippen LogP contribution in [0.15, 0.2) is 18.2 Å². The summed E-state index contributed by atoms with van der Waals surface area (Å²) in [6, 6.07) is 6.18. The monoisotopic (exact) mass is 344 g/mol. The third-order valence-electron chi connectivity index (χ3n) is 7.34. The maximum atomic E-state index is 14.6. The van der Waals surface area contributed by atoms with E-state index in [1.807, 2.05) is 6.07 Å². The van der Waals surface area contributed by atoms with Gasteiger partial charge in [-0.05, 0) is 79.4 Å². The Hall–Kier alpha value is -0.850. The second-order valence-electron chi connectivity index (χ2n) is 8.81. The Kier molecular flexibility index (Phi) is 6.96. The van der Waals surface area contributed by atoms with E-state index in [0.29, 0.717) is 5.92 Å². The zero-order chi connectivity index (χ0) is 17.6. The molecule has 0 radical (unpaired) electrons. The number of halogens is 1. The topological polar surface area (TPSA) is 0 Å². The number of aryl methyl sites for hydroxylation is 1. The summed E-state index contributed by atoms with van der Waals surface area (Å²) < 4.78 is 14.6. The van der Waals surface area contributed by atoms with E-state index in [1.54, 1.807) is 0 Å². The summed E-state index contributed by atoms with van der Waals surface area (Å²) in [6.07, 6.45) is 15.4. The molecule has 2 fully saturated rings. The van der Waals surface area contributed by atoms with Crippen molar-refractivity contribution >= 4 is 0 Å². The first-order valence-electron chi connectivity index (χ1n) is 11.0. The van der Waals surface area contributed by atoms with Crippen molar-refractivity contribution in [2.75, 3.05) is 0 Å². The standard InChI is InChI=1S/C24H37F/c1-3-18-5-7-20(8-6-18)11-14-22-15-16-23(17-24(22)25)21-12-9-19(4-2)10-13-21/h15-21H,3-14H2,1-2H3. The maximum absolute atomic E-state index is 14.6. The molecule has 0 spiro atoms. The molecule has 0 atom stereocenters. The molecule has 25 heavy (non-hydrogen) atoms. The fourth-order valence-electron chi connectivity index (χ4n) is 5.21. The lowest BCUT2D eigenvalue weighted by Crippen LogP contribution is -2.15. The van der Waals surface area contributed by atoms with Gasteiger partial charge < -0.3 is 0 Å². The molecule has 2 aliphatic carbocycles. The summed E-state index contributed by atoms with van der Waals surface area (Å²) in [6.45, 7) is 4.62. The summed E-state index contributed by atoms with van der Waals surface area (Å²) in [7, 11) is 0. The molecule has 0 aliphatic heterocycles. The van der Waals surface area contributed by atoms with Crippen molar-refractivity contribution in [2.45, 2.75) is 96.8 Å². The van der Waals surface area contributed by atoms with E-state index in [4.69, 9.17) is 0 Å². The van der Waals surface area contributed by atoms with Crippen LogP contribution in [0.3, 0.4) is 0 Å². The lowest BCUT2D eigenvalue weighted by atomic mass is 9.77. The second-order valence-corrected chi connectivity index (χ2v) is 8.81. The molecule has 0 unspecified atom stereocenters. The average molecular weight is 345 g/mol. The van der Waals surface area contributed by atoms with Gasteiger partial charge in [0, 0.05) is 0 Å². The second kappa shape index (κ2) is 9.19. The Bertz CT molecular complexity index is 519. The van der Waals surface area contributed by atoms with Gasteiger partial charge in [0.15, 0.2) is 0 Å². The summed E-state index contributed by atoms with van der Waals surface area (Å²) in [5, 5.41) is 0. The molecule has 1 heteroatoms. The van der Waals surface area contributed by atoms with E-state index in [1.165, 1.54) is 76.2 Å². The van der Waals surface area contributed by atoms with Crippen LogP contribution in [0.1, 0.15) is 102 Å². The molecular formula is C24H37F. The Morgan fingerprint density at radius 2 is 1.36 bits per heavy atom. The van der Waals surface area contributed by atoms with Crippen LogP contribution in [-0.2, 0) is 6.42 Å². The molecule has 2 aliphatic rings. The van der Waals surface area contributed by atoms with Crippen LogP contribution in [0.4, 0.5) is 4.39 Å². The molecule has 0 amide bonds. The van der Waals surface area contributed by atoms with Crippen molar-refractivity contribution in [1.82, 2.24) is 0 Å². The zero-order valence-electron chi connectivity index (χ0n) is 16.4. The fourth-order valence-corrected chi connectivity index (χ4v) is 5.21. The van der Waals surface area contributed by atoms with Gasteiger partial charge in [-0.15, -0.1) is 0 Å². The minimum absolute atomic E-state index is 0.0531. The van der Waals surface area contributed by atoms with E-state index in [9.17, 15) is 4.39 Å². The smallest absolute Gasteiger partial charge is 0.126 e. The molecule has 0 bridgehead atoms. The van der Waals surface area contributed by atoms with E-state index >= 15 is 0 Å². The number of hydrogen-bond acceptors (Lipinski definition) is 0. The fraction of sp³-hybridized carbons (Fsp3) is 0.750. The molecule has 0 N–H and O–H groups in total. The number of hydrogen-bond donors (Lipinski definition) is 0. The molecule has 0 saturated heterocycles. The molecular weight excluding hydrogens is 307 g/mol. The lowest BCUT2D eigenvalue weighted by molar-refractivity contribution is 0.258. The van der Waals surface area contributed by atoms with Crippen molar-refractivity contribution in [2.24, 2.45) is 17.8 Å². The first-order chi connectivity index (χ1) is 12.2. The third kappa shape index (κ3) is 5.08. The Morgan fingerprint density at radius 3 is 1.92 bits per heavy atom. The summed E-state index contributed by atoms with van der Waals surface area (Å²) in [5.74, 6) is 3.33. The third-order valence-corrected chi connectivity index (χ3v) is 7.34. The first-order valence-corrected chi connectivity index (χ1v) is 11.0. The highest BCUT2D eigenvalue weighted by Crippen LogP contribution is 2.38. The SMILES string of the molecule is CCC1CCC(CCc2ccc(C3CCC(CC)CC3)cc2F)CC1. The molecule has 0 aromatic heterocycles. The normalized spacial score (nSPS) is 30.4. The summed E-state index contributed by atoms with van der Waals surface area (Å²) >= 11 is 0. The van der Waals surface area contributed by atoms with Gasteiger partial charge in [-0.3, -0.25) is 0 Å². The minimum Gasteiger partial charge on any atom is -0.207 e. The Morgan fingerprint density at radius 1 is 0.800 bits per heavy atom. The van der Waals surface area contributed by atoms with Crippen LogP contribution in [0.5, 0.6) is 0 Å². The van der Waals surface area contributed by atoms with Gasteiger partial charge in [-0.25, -0.2) is 4.39 Å². The lowest BCUT2D eigenvalue weighted by Gasteiger charge is -2.28.